The summed E-state index contributed by atoms with van der Waals surface area (Å²) >= 11 is 0. The number of nitrogens with zero attached hydrogens (tertiary/aromatic N) is 6. The molecule has 0 unspecified atom stereocenters. The number of fused-ring (bicyclic) bond motifs is 1. The van der Waals surface area contributed by atoms with E-state index in [1.165, 1.54) is 11.1 Å². The van der Waals surface area contributed by atoms with Crippen LogP contribution >= 0.6 is 0 Å². The molecular formula is C34H42N12O2. The van der Waals surface area contributed by atoms with E-state index in [1.807, 2.05) is 40.1 Å². The number of benzene rings is 3. The molecule has 4 heterocycles. The molecule has 1 amide bonds. The molecule has 3 aliphatic heterocycles. The Morgan fingerprint density at radius 3 is 1.73 bits per heavy atom. The maximum absolute atomic E-state index is 13.1. The van der Waals surface area contributed by atoms with Crippen LogP contribution in [0, 0.1) is 0 Å². The first-order valence-corrected chi connectivity index (χ1v) is 16.3. The highest BCUT2D eigenvalue weighted by molar-refractivity contribution is 6.06. The molecule has 4 aromatic rings. The quantitative estimate of drug-likeness (QED) is 0.152. The third-order valence-corrected chi connectivity index (χ3v) is 9.04. The van der Waals surface area contributed by atoms with E-state index in [9.17, 15) is 9.90 Å². The number of rotatable bonds is 7. The van der Waals surface area contributed by atoms with E-state index >= 15 is 0 Å². The summed E-state index contributed by atoms with van der Waals surface area (Å²) in [5.74, 6) is 0.812. The lowest BCUT2D eigenvalue weighted by Gasteiger charge is -2.37. The zero-order valence-electron chi connectivity index (χ0n) is 26.7. The van der Waals surface area contributed by atoms with Crippen LogP contribution in [0.1, 0.15) is 34.3 Å². The van der Waals surface area contributed by atoms with Gasteiger partial charge in [0.05, 0.1) is 5.56 Å². The summed E-state index contributed by atoms with van der Waals surface area (Å²) in [5, 5.41) is 16.9. The van der Waals surface area contributed by atoms with Gasteiger partial charge in [-0.2, -0.15) is 15.0 Å². The van der Waals surface area contributed by atoms with E-state index in [1.54, 1.807) is 24.3 Å². The van der Waals surface area contributed by atoms with Crippen molar-refractivity contribution in [3.05, 3.63) is 83.4 Å². The molecule has 14 nitrogen and oxygen atoms in total. The smallest absolute Gasteiger partial charge is 0.259 e. The van der Waals surface area contributed by atoms with E-state index in [2.05, 4.69) is 27.7 Å². The highest BCUT2D eigenvalue weighted by Crippen LogP contribution is 2.32. The normalized spacial score (nSPS) is 22.4. The maximum atomic E-state index is 13.1. The molecule has 0 saturated carbocycles. The molecule has 0 bridgehead atoms. The van der Waals surface area contributed by atoms with Crippen molar-refractivity contribution in [2.75, 3.05) is 51.5 Å². The number of nitrogens with two attached hydrogens (primary N) is 4. The Kier molecular flexibility index (Phi) is 8.71. The molecule has 1 aromatic heterocycles. The monoisotopic (exact) mass is 650 g/mol. The van der Waals surface area contributed by atoms with Gasteiger partial charge in [0.1, 0.15) is 5.75 Å². The van der Waals surface area contributed by atoms with E-state index in [-0.39, 0.29) is 35.5 Å². The predicted octanol–water partition coefficient (Wildman–Crippen LogP) is 1.82. The van der Waals surface area contributed by atoms with Crippen molar-refractivity contribution in [3.63, 3.8) is 0 Å². The van der Waals surface area contributed by atoms with Gasteiger partial charge in [-0.25, -0.2) is 0 Å². The van der Waals surface area contributed by atoms with Crippen molar-refractivity contribution < 1.29 is 9.90 Å². The Hall–Kier alpha value is -5.02. The summed E-state index contributed by atoms with van der Waals surface area (Å²) in [5.41, 5.74) is 29.9. The van der Waals surface area contributed by atoms with Crippen molar-refractivity contribution in [2.45, 2.75) is 50.1 Å². The fraction of sp³-hybridized carbons (Fsp3) is 0.353. The number of phenols is 1. The Bertz CT molecular complexity index is 1700. The lowest BCUT2D eigenvalue weighted by molar-refractivity contribution is 0.102. The minimum atomic E-state index is -0.410. The molecular weight excluding hydrogens is 608 g/mol. The molecule has 2 saturated heterocycles. The summed E-state index contributed by atoms with van der Waals surface area (Å²) in [6, 6.07) is 20.2. The summed E-state index contributed by atoms with van der Waals surface area (Å²) in [6.45, 7) is 3.83. The van der Waals surface area contributed by atoms with E-state index in [0.717, 1.165) is 31.6 Å². The lowest BCUT2D eigenvalue weighted by Crippen LogP contribution is -2.54. The molecule has 0 aliphatic carbocycles. The minimum absolute atomic E-state index is 0.0769. The molecule has 11 N–H and O–H groups in total. The average molecular weight is 651 g/mol. The number of aromatic nitrogens is 3. The second-order valence-corrected chi connectivity index (χ2v) is 13.1. The summed E-state index contributed by atoms with van der Waals surface area (Å²) < 4.78 is 0. The Morgan fingerprint density at radius 2 is 1.21 bits per heavy atom. The number of amides is 1. The molecule has 4 atom stereocenters. The molecule has 2 fully saturated rings. The second kappa shape index (κ2) is 13.2. The van der Waals surface area contributed by atoms with Gasteiger partial charge in [-0.15, -0.1) is 0 Å². The van der Waals surface area contributed by atoms with Crippen LogP contribution in [0.2, 0.25) is 0 Å². The topological polar surface area (TPSA) is 214 Å². The van der Waals surface area contributed by atoms with Crippen LogP contribution in [0.25, 0.3) is 0 Å². The fourth-order valence-corrected chi connectivity index (χ4v) is 6.77. The number of carbonyl (C=O) groups is 1. The number of carbonyl (C=O) groups excluding carboxylic acids is 1. The maximum Gasteiger partial charge on any atom is 0.259 e. The van der Waals surface area contributed by atoms with E-state index in [0.29, 0.717) is 55.4 Å². The van der Waals surface area contributed by atoms with Crippen LogP contribution < -0.4 is 48.3 Å². The van der Waals surface area contributed by atoms with Crippen LogP contribution in [-0.2, 0) is 13.1 Å². The van der Waals surface area contributed by atoms with Crippen molar-refractivity contribution >= 4 is 40.8 Å². The fourth-order valence-electron chi connectivity index (χ4n) is 6.77. The van der Waals surface area contributed by atoms with E-state index < -0.39 is 5.91 Å². The van der Waals surface area contributed by atoms with Gasteiger partial charge in [0.25, 0.3) is 5.91 Å². The zero-order valence-corrected chi connectivity index (χ0v) is 26.7. The predicted molar refractivity (Wildman–Crippen MR) is 188 cm³/mol. The summed E-state index contributed by atoms with van der Waals surface area (Å²) in [7, 11) is 0. The number of aromatic hydroxyl groups is 1. The first-order chi connectivity index (χ1) is 23.2. The Labute approximate surface area is 279 Å². The molecule has 250 valence electrons. The molecule has 7 rings (SSSR count). The average Bonchev–Trinajstić information content (AvgIpc) is 3.49. The molecule has 0 spiro atoms. The molecule has 3 aromatic carbocycles. The SMILES string of the molecule is N[C@@H]1C[C@H](N)CN(c2nc(Nc3ccc(NC(=O)c4ccc(N5Cc6ccccc6C5)cc4O)cc3)nc(N3C[C@H](N)C[C@H](N)C3)n2)C1. The first-order valence-electron chi connectivity index (χ1n) is 16.3. The standard InChI is InChI=1S/C34H42N12O2/c35-22-11-23(36)17-45(16-22)33-41-32(42-34(43-33)46-18-24(37)12-25(38)19-46)40-27-7-5-26(6-8-27)39-31(48)29-10-9-28(13-30(29)47)44-14-20-3-1-2-4-21(20)15-44/h1-10,13,22-25,47H,11-12,14-19,35-38H2,(H,39,48)(H,40,41,42,43)/t22-,23+,24-,25+. The van der Waals surface area contributed by atoms with Crippen molar-refractivity contribution in [1.29, 1.82) is 0 Å². The molecule has 3 aliphatic rings. The Balaban J connectivity index is 1.05. The molecule has 48 heavy (non-hydrogen) atoms. The van der Waals surface area contributed by atoms with Gasteiger partial charge in [-0.1, -0.05) is 24.3 Å². The Morgan fingerprint density at radius 1 is 0.688 bits per heavy atom. The van der Waals surface area contributed by atoms with Crippen LogP contribution in [0.15, 0.2) is 66.7 Å². The number of nitrogens with one attached hydrogen (secondary N) is 2. The van der Waals surface area contributed by atoms with Gasteiger partial charge in [0.2, 0.25) is 17.8 Å². The first kappa shape index (κ1) is 31.6. The van der Waals surface area contributed by atoms with Gasteiger partial charge < -0.3 is 53.4 Å². The van der Waals surface area contributed by atoms with Crippen LogP contribution in [0.5, 0.6) is 5.75 Å². The van der Waals surface area contributed by atoms with Gasteiger partial charge in [0, 0.05) is 86.6 Å². The number of piperidine rings is 2. The third-order valence-electron chi connectivity index (χ3n) is 9.04. The molecule has 14 heteroatoms. The minimum Gasteiger partial charge on any atom is -0.507 e. The molecule has 0 radical (unpaired) electrons. The van der Waals surface area contributed by atoms with Gasteiger partial charge >= 0.3 is 0 Å². The van der Waals surface area contributed by atoms with E-state index in [4.69, 9.17) is 37.9 Å². The summed E-state index contributed by atoms with van der Waals surface area (Å²) in [6.07, 6.45) is 1.47. The second-order valence-electron chi connectivity index (χ2n) is 13.1. The number of hydrogen-bond acceptors (Lipinski definition) is 13. The van der Waals surface area contributed by atoms with Crippen LogP contribution in [0.4, 0.5) is 34.9 Å². The van der Waals surface area contributed by atoms with Gasteiger partial charge in [-0.3, -0.25) is 4.79 Å². The third kappa shape index (κ3) is 6.96. The highest BCUT2D eigenvalue weighted by Gasteiger charge is 2.29. The van der Waals surface area contributed by atoms with Gasteiger partial charge in [0.15, 0.2) is 0 Å². The van der Waals surface area contributed by atoms with Gasteiger partial charge in [-0.05, 0) is 60.4 Å². The van der Waals surface area contributed by atoms with Crippen molar-refractivity contribution in [3.8, 4) is 5.75 Å². The number of phenolic OH excluding ortho intramolecular Hbond substituents is 1. The van der Waals surface area contributed by atoms with Crippen LogP contribution in [-0.4, -0.2) is 76.3 Å². The van der Waals surface area contributed by atoms with Crippen molar-refractivity contribution in [1.82, 2.24) is 15.0 Å². The lowest BCUT2D eigenvalue weighted by atomic mass is 10.0. The number of anilines is 6. The number of hydrogen-bond donors (Lipinski definition) is 7. The summed E-state index contributed by atoms with van der Waals surface area (Å²) in [4.78, 5) is 33.5. The highest BCUT2D eigenvalue weighted by atomic mass is 16.3. The van der Waals surface area contributed by atoms with Crippen LogP contribution in [0.3, 0.4) is 0 Å². The zero-order chi connectivity index (χ0) is 33.4. The largest absolute Gasteiger partial charge is 0.507 e. The van der Waals surface area contributed by atoms with Crippen molar-refractivity contribution in [2.24, 2.45) is 22.9 Å².